The maximum absolute atomic E-state index is 4.55. The Bertz CT molecular complexity index is 615. The Hall–Kier alpha value is -1.88. The van der Waals surface area contributed by atoms with Crippen LogP contribution in [0.1, 0.15) is 6.42 Å². The van der Waals surface area contributed by atoms with Gasteiger partial charge < -0.3 is 9.88 Å². The first kappa shape index (κ1) is 11.2. The lowest BCUT2D eigenvalue weighted by Gasteiger charge is -2.06. The zero-order chi connectivity index (χ0) is 12.2. The number of aryl methyl sites for hydroxylation is 1. The highest BCUT2D eigenvalue weighted by Crippen LogP contribution is 2.20. The van der Waals surface area contributed by atoms with Crippen molar-refractivity contribution in [1.82, 2.24) is 14.5 Å². The monoisotopic (exact) mass is 258 g/mol. The standard InChI is InChI=1S/C13H14N4S/c1(7-17-8-6-14-10-17)5-15-13-3-2-12-11(16-13)4-9-18-12/h2-4,6,8-10H,1,5,7H2,(H,15,16). The van der Waals surface area contributed by atoms with Crippen LogP contribution in [0.4, 0.5) is 5.82 Å². The van der Waals surface area contributed by atoms with Gasteiger partial charge in [0.1, 0.15) is 5.82 Å². The number of rotatable bonds is 5. The molecule has 4 nitrogen and oxygen atoms in total. The van der Waals surface area contributed by atoms with Crippen LogP contribution >= 0.6 is 11.3 Å². The lowest BCUT2D eigenvalue weighted by Crippen LogP contribution is -2.06. The van der Waals surface area contributed by atoms with Crippen LogP contribution in [-0.2, 0) is 6.54 Å². The van der Waals surface area contributed by atoms with Crippen molar-refractivity contribution in [3.63, 3.8) is 0 Å². The molecule has 0 bridgehead atoms. The average Bonchev–Trinajstić information content (AvgIpc) is 3.05. The summed E-state index contributed by atoms with van der Waals surface area (Å²) in [4.78, 5) is 8.57. The van der Waals surface area contributed by atoms with Crippen molar-refractivity contribution in [2.75, 3.05) is 11.9 Å². The Balaban J connectivity index is 1.53. The van der Waals surface area contributed by atoms with E-state index in [1.807, 2.05) is 18.6 Å². The molecule has 0 unspecified atom stereocenters. The van der Waals surface area contributed by atoms with Crippen molar-refractivity contribution < 1.29 is 0 Å². The first-order valence-corrected chi connectivity index (χ1v) is 6.84. The second-order valence-corrected chi connectivity index (χ2v) is 5.03. The van der Waals surface area contributed by atoms with E-state index in [1.54, 1.807) is 17.5 Å². The molecule has 0 saturated carbocycles. The van der Waals surface area contributed by atoms with Gasteiger partial charge in [0.25, 0.3) is 0 Å². The topological polar surface area (TPSA) is 42.7 Å². The molecule has 3 aromatic heterocycles. The summed E-state index contributed by atoms with van der Waals surface area (Å²) in [6.45, 7) is 1.90. The number of pyridine rings is 1. The molecule has 0 aromatic carbocycles. The first-order valence-electron chi connectivity index (χ1n) is 5.96. The van der Waals surface area contributed by atoms with Gasteiger partial charge in [0.2, 0.25) is 0 Å². The largest absolute Gasteiger partial charge is 0.370 e. The van der Waals surface area contributed by atoms with E-state index < -0.39 is 0 Å². The number of imidazole rings is 1. The zero-order valence-electron chi connectivity index (χ0n) is 9.91. The molecule has 0 aliphatic carbocycles. The van der Waals surface area contributed by atoms with Crippen LogP contribution in [0.15, 0.2) is 42.3 Å². The second-order valence-electron chi connectivity index (χ2n) is 4.08. The van der Waals surface area contributed by atoms with E-state index in [1.165, 1.54) is 4.70 Å². The Morgan fingerprint density at radius 2 is 2.28 bits per heavy atom. The van der Waals surface area contributed by atoms with E-state index in [0.717, 1.165) is 30.8 Å². The smallest absolute Gasteiger partial charge is 0.126 e. The van der Waals surface area contributed by atoms with Crippen LogP contribution in [-0.4, -0.2) is 21.1 Å². The number of nitrogens with zero attached hydrogens (tertiary/aromatic N) is 3. The van der Waals surface area contributed by atoms with Gasteiger partial charge in [-0.15, -0.1) is 11.3 Å². The maximum Gasteiger partial charge on any atom is 0.126 e. The van der Waals surface area contributed by atoms with Gasteiger partial charge in [-0.1, -0.05) is 0 Å². The Labute approximate surface area is 109 Å². The summed E-state index contributed by atoms with van der Waals surface area (Å²) >= 11 is 1.72. The number of anilines is 1. The highest BCUT2D eigenvalue weighted by molar-refractivity contribution is 7.17. The summed E-state index contributed by atoms with van der Waals surface area (Å²) in [5, 5.41) is 5.42. The molecule has 1 N–H and O–H groups in total. The average molecular weight is 258 g/mol. The summed E-state index contributed by atoms with van der Waals surface area (Å²) in [5.41, 5.74) is 1.07. The van der Waals surface area contributed by atoms with E-state index in [4.69, 9.17) is 0 Å². The molecule has 0 aliphatic rings. The molecular formula is C13H14N4S. The van der Waals surface area contributed by atoms with Crippen LogP contribution in [0.5, 0.6) is 0 Å². The predicted octanol–water partition coefficient (Wildman–Crippen LogP) is 3.00. The van der Waals surface area contributed by atoms with Gasteiger partial charge in [-0.05, 0) is 30.0 Å². The molecule has 3 aromatic rings. The van der Waals surface area contributed by atoms with Crippen LogP contribution in [0.25, 0.3) is 10.2 Å². The number of fused-ring (bicyclic) bond motifs is 1. The van der Waals surface area contributed by atoms with Crippen LogP contribution < -0.4 is 5.32 Å². The molecule has 0 spiro atoms. The number of thiophene rings is 1. The predicted molar refractivity (Wildman–Crippen MR) is 75.0 cm³/mol. The van der Waals surface area contributed by atoms with E-state index in [9.17, 15) is 0 Å². The van der Waals surface area contributed by atoms with Gasteiger partial charge >= 0.3 is 0 Å². The fourth-order valence-corrected chi connectivity index (χ4v) is 2.57. The SMILES string of the molecule is c1cn(CCCNc2ccc3sccc3n2)cn1. The molecule has 0 radical (unpaired) electrons. The third-order valence-electron chi connectivity index (χ3n) is 2.77. The Morgan fingerprint density at radius 3 is 3.17 bits per heavy atom. The van der Waals surface area contributed by atoms with Crippen molar-refractivity contribution in [1.29, 1.82) is 0 Å². The first-order chi connectivity index (χ1) is 8.92. The number of hydrogen-bond donors (Lipinski definition) is 1. The van der Waals surface area contributed by atoms with Crippen LogP contribution in [0.3, 0.4) is 0 Å². The van der Waals surface area contributed by atoms with Gasteiger partial charge in [-0.3, -0.25) is 0 Å². The fourth-order valence-electron chi connectivity index (χ4n) is 1.85. The molecule has 3 rings (SSSR count). The number of aromatic nitrogens is 3. The molecule has 5 heteroatoms. The highest BCUT2D eigenvalue weighted by atomic mass is 32.1. The minimum atomic E-state index is 0.917. The van der Waals surface area contributed by atoms with E-state index >= 15 is 0 Å². The van der Waals surface area contributed by atoms with E-state index in [2.05, 4.69) is 37.4 Å². The van der Waals surface area contributed by atoms with Crippen molar-refractivity contribution in [2.24, 2.45) is 0 Å². The van der Waals surface area contributed by atoms with Crippen molar-refractivity contribution in [3.05, 3.63) is 42.3 Å². The lowest BCUT2D eigenvalue weighted by atomic mass is 10.3. The highest BCUT2D eigenvalue weighted by Gasteiger charge is 1.98. The quantitative estimate of drug-likeness (QED) is 0.715. The minimum absolute atomic E-state index is 0.917. The van der Waals surface area contributed by atoms with Gasteiger partial charge in [0, 0.05) is 25.5 Å². The van der Waals surface area contributed by atoms with Gasteiger partial charge in [0.05, 0.1) is 16.5 Å². The molecule has 3 heterocycles. The van der Waals surface area contributed by atoms with E-state index in [0.29, 0.717) is 0 Å². The molecular weight excluding hydrogens is 244 g/mol. The third-order valence-corrected chi connectivity index (χ3v) is 3.64. The van der Waals surface area contributed by atoms with Gasteiger partial charge in [-0.25, -0.2) is 9.97 Å². The van der Waals surface area contributed by atoms with Crippen molar-refractivity contribution >= 4 is 27.4 Å². The third kappa shape index (κ3) is 2.51. The Kier molecular flexibility index (Phi) is 3.23. The summed E-state index contributed by atoms with van der Waals surface area (Å²) in [5.74, 6) is 0.950. The van der Waals surface area contributed by atoms with Gasteiger partial charge in [-0.2, -0.15) is 0 Å². The Morgan fingerprint density at radius 1 is 1.28 bits per heavy atom. The minimum Gasteiger partial charge on any atom is -0.370 e. The summed E-state index contributed by atoms with van der Waals surface area (Å²) in [7, 11) is 0. The van der Waals surface area contributed by atoms with Gasteiger partial charge in [0.15, 0.2) is 0 Å². The molecule has 0 saturated heterocycles. The lowest BCUT2D eigenvalue weighted by molar-refractivity contribution is 0.660. The molecule has 92 valence electrons. The summed E-state index contributed by atoms with van der Waals surface area (Å²) in [6, 6.07) is 6.21. The molecule has 0 atom stereocenters. The zero-order valence-corrected chi connectivity index (χ0v) is 10.7. The van der Waals surface area contributed by atoms with Crippen molar-refractivity contribution in [3.8, 4) is 0 Å². The number of hydrogen-bond acceptors (Lipinski definition) is 4. The van der Waals surface area contributed by atoms with Crippen molar-refractivity contribution in [2.45, 2.75) is 13.0 Å². The molecule has 0 aliphatic heterocycles. The molecule has 18 heavy (non-hydrogen) atoms. The van der Waals surface area contributed by atoms with Crippen LogP contribution in [0.2, 0.25) is 0 Å². The molecule has 0 amide bonds. The van der Waals surface area contributed by atoms with E-state index in [-0.39, 0.29) is 0 Å². The number of nitrogens with one attached hydrogen (secondary N) is 1. The normalized spacial score (nSPS) is 10.9. The maximum atomic E-state index is 4.55. The second kappa shape index (κ2) is 5.18. The molecule has 0 fully saturated rings. The van der Waals surface area contributed by atoms with Crippen LogP contribution in [0, 0.1) is 0 Å². The summed E-state index contributed by atoms with van der Waals surface area (Å²) in [6.07, 6.45) is 6.69. The fraction of sp³-hybridized carbons (Fsp3) is 0.231. The summed E-state index contributed by atoms with van der Waals surface area (Å²) < 4.78 is 3.32.